The quantitative estimate of drug-likeness (QED) is 0.509. The van der Waals surface area contributed by atoms with Crippen LogP contribution in [0.1, 0.15) is 25.0 Å². The van der Waals surface area contributed by atoms with E-state index in [0.29, 0.717) is 22.3 Å². The Bertz CT molecular complexity index is 1280. The summed E-state index contributed by atoms with van der Waals surface area (Å²) in [5.41, 5.74) is 3.09. The van der Waals surface area contributed by atoms with Gasteiger partial charge in [0.05, 0.1) is 18.2 Å². The largest absolute Gasteiger partial charge is 0.464 e. The molecule has 4 aromatic rings. The van der Waals surface area contributed by atoms with Crippen molar-refractivity contribution < 1.29 is 18.0 Å². The van der Waals surface area contributed by atoms with E-state index in [1.807, 2.05) is 19.9 Å². The molecule has 0 aliphatic carbocycles. The Hall–Kier alpha value is -3.41. The Labute approximate surface area is 166 Å². The monoisotopic (exact) mass is 393 g/mol. The lowest BCUT2D eigenvalue weighted by molar-refractivity contribution is -0.120. The topological polar surface area (TPSA) is 72.5 Å². The highest BCUT2D eigenvalue weighted by Gasteiger charge is 2.18. The lowest BCUT2D eigenvalue weighted by Gasteiger charge is -2.10. The van der Waals surface area contributed by atoms with Crippen LogP contribution in [0, 0.1) is 12.7 Å². The number of fused-ring (bicyclic) bond motifs is 2. The van der Waals surface area contributed by atoms with Crippen LogP contribution in [-0.2, 0) is 11.2 Å². The third-order valence-electron chi connectivity index (χ3n) is 4.92. The zero-order chi connectivity index (χ0) is 20.7. The van der Waals surface area contributed by atoms with Crippen molar-refractivity contribution >= 4 is 27.8 Å². The molecule has 0 radical (unpaired) electrons. The van der Waals surface area contributed by atoms with Gasteiger partial charge in [-0.1, -0.05) is 12.1 Å². The van der Waals surface area contributed by atoms with Gasteiger partial charge in [0.25, 0.3) is 0 Å². The lowest BCUT2D eigenvalue weighted by atomic mass is 9.99. The van der Waals surface area contributed by atoms with Crippen molar-refractivity contribution in [3.8, 4) is 11.1 Å². The van der Waals surface area contributed by atoms with Gasteiger partial charge >= 0.3 is 5.63 Å². The number of carbonyl (C=O) groups excluding carboxylic acids is 1. The number of carbonyl (C=O) groups is 1. The SMILES string of the molecule is Cc1c(CC(=O)NC(C)C)c(=O)oc2cc3occ(-c4ccc(F)cc4)c3cc12. The summed E-state index contributed by atoms with van der Waals surface area (Å²) in [4.78, 5) is 24.6. The third-order valence-corrected chi connectivity index (χ3v) is 4.92. The van der Waals surface area contributed by atoms with E-state index >= 15 is 0 Å². The second-order valence-corrected chi connectivity index (χ2v) is 7.39. The van der Waals surface area contributed by atoms with Crippen LogP contribution in [0.2, 0.25) is 0 Å². The van der Waals surface area contributed by atoms with Gasteiger partial charge in [-0.2, -0.15) is 0 Å². The number of nitrogens with one attached hydrogen (secondary N) is 1. The fourth-order valence-corrected chi connectivity index (χ4v) is 3.50. The van der Waals surface area contributed by atoms with Gasteiger partial charge in [-0.15, -0.1) is 0 Å². The van der Waals surface area contributed by atoms with Crippen LogP contribution in [0.5, 0.6) is 0 Å². The zero-order valence-electron chi connectivity index (χ0n) is 16.3. The molecule has 0 spiro atoms. The van der Waals surface area contributed by atoms with Gasteiger partial charge in [0.15, 0.2) is 0 Å². The molecule has 1 amide bonds. The molecule has 0 fully saturated rings. The van der Waals surface area contributed by atoms with Gasteiger partial charge < -0.3 is 14.2 Å². The molecule has 0 aliphatic rings. The highest BCUT2D eigenvalue weighted by Crippen LogP contribution is 2.34. The van der Waals surface area contributed by atoms with Crippen LogP contribution in [0.15, 0.2) is 56.3 Å². The van der Waals surface area contributed by atoms with Crippen LogP contribution in [0.3, 0.4) is 0 Å². The average molecular weight is 393 g/mol. The minimum Gasteiger partial charge on any atom is -0.464 e. The van der Waals surface area contributed by atoms with Crippen molar-refractivity contribution in [2.24, 2.45) is 0 Å². The first kappa shape index (κ1) is 18.9. The first-order chi connectivity index (χ1) is 13.8. The fraction of sp³-hybridized carbons (Fsp3) is 0.217. The van der Waals surface area contributed by atoms with E-state index < -0.39 is 5.63 Å². The standard InChI is InChI=1S/C23H20FNO4/c1-12(2)25-22(26)9-17-13(3)16-8-18-19(14-4-6-15(24)7-5-14)11-28-20(18)10-21(16)29-23(17)27/h4-8,10-12H,9H2,1-3H3,(H,25,26). The van der Waals surface area contributed by atoms with Gasteiger partial charge in [0.2, 0.25) is 5.91 Å². The molecule has 6 heteroatoms. The van der Waals surface area contributed by atoms with Crippen molar-refractivity contribution in [1.82, 2.24) is 5.32 Å². The van der Waals surface area contributed by atoms with Gasteiger partial charge in [-0.3, -0.25) is 4.79 Å². The summed E-state index contributed by atoms with van der Waals surface area (Å²) in [7, 11) is 0. The molecular formula is C23H20FNO4. The van der Waals surface area contributed by atoms with Crippen molar-refractivity contribution in [3.05, 3.63) is 70.0 Å². The molecule has 1 N–H and O–H groups in total. The number of hydrogen-bond donors (Lipinski definition) is 1. The molecule has 29 heavy (non-hydrogen) atoms. The summed E-state index contributed by atoms with van der Waals surface area (Å²) in [6.07, 6.45) is 1.55. The number of benzene rings is 2. The highest BCUT2D eigenvalue weighted by atomic mass is 19.1. The number of hydrogen-bond acceptors (Lipinski definition) is 4. The lowest BCUT2D eigenvalue weighted by Crippen LogP contribution is -2.33. The molecular weight excluding hydrogens is 373 g/mol. The number of aryl methyl sites for hydroxylation is 1. The molecule has 0 aliphatic heterocycles. The van der Waals surface area contributed by atoms with E-state index in [-0.39, 0.29) is 24.2 Å². The minimum atomic E-state index is -0.529. The molecule has 148 valence electrons. The first-order valence-electron chi connectivity index (χ1n) is 9.36. The van der Waals surface area contributed by atoms with E-state index in [1.165, 1.54) is 12.1 Å². The van der Waals surface area contributed by atoms with E-state index in [0.717, 1.165) is 21.9 Å². The molecule has 2 aromatic carbocycles. The Morgan fingerprint density at radius 1 is 1.10 bits per heavy atom. The van der Waals surface area contributed by atoms with Crippen molar-refractivity contribution in [3.63, 3.8) is 0 Å². The number of furan rings is 1. The maximum Gasteiger partial charge on any atom is 0.340 e. The maximum atomic E-state index is 13.3. The van der Waals surface area contributed by atoms with Gasteiger partial charge in [-0.05, 0) is 50.1 Å². The predicted molar refractivity (Wildman–Crippen MR) is 109 cm³/mol. The second kappa shape index (κ2) is 7.20. The van der Waals surface area contributed by atoms with E-state index in [4.69, 9.17) is 8.83 Å². The minimum absolute atomic E-state index is 0.0147. The van der Waals surface area contributed by atoms with E-state index in [2.05, 4.69) is 5.32 Å². The molecule has 2 heterocycles. The summed E-state index contributed by atoms with van der Waals surface area (Å²) in [6, 6.07) is 9.70. The van der Waals surface area contributed by atoms with Crippen molar-refractivity contribution in [1.29, 1.82) is 0 Å². The fourth-order valence-electron chi connectivity index (χ4n) is 3.50. The van der Waals surface area contributed by atoms with Crippen LogP contribution in [0.25, 0.3) is 33.1 Å². The first-order valence-corrected chi connectivity index (χ1v) is 9.36. The molecule has 5 nitrogen and oxygen atoms in total. The van der Waals surface area contributed by atoms with E-state index in [1.54, 1.807) is 31.4 Å². The number of halogens is 1. The summed E-state index contributed by atoms with van der Waals surface area (Å²) < 4.78 is 24.4. The Balaban J connectivity index is 1.86. The highest BCUT2D eigenvalue weighted by molar-refractivity contribution is 6.02. The Kier molecular flexibility index (Phi) is 4.70. The van der Waals surface area contributed by atoms with Crippen molar-refractivity contribution in [2.75, 3.05) is 0 Å². The van der Waals surface area contributed by atoms with E-state index in [9.17, 15) is 14.0 Å². The van der Waals surface area contributed by atoms with Gasteiger partial charge in [0.1, 0.15) is 17.0 Å². The van der Waals surface area contributed by atoms with Crippen LogP contribution >= 0.6 is 0 Å². The number of rotatable bonds is 4. The molecule has 0 bridgehead atoms. The molecule has 0 unspecified atom stereocenters. The summed E-state index contributed by atoms with van der Waals surface area (Å²) in [5.74, 6) is -0.542. The normalized spacial score (nSPS) is 11.5. The summed E-state index contributed by atoms with van der Waals surface area (Å²) in [5, 5.41) is 4.34. The Morgan fingerprint density at radius 3 is 2.52 bits per heavy atom. The third kappa shape index (κ3) is 3.53. The molecule has 0 saturated heterocycles. The molecule has 4 rings (SSSR count). The average Bonchev–Trinajstić information content (AvgIpc) is 3.07. The summed E-state index contributed by atoms with van der Waals surface area (Å²) >= 11 is 0. The van der Waals surface area contributed by atoms with Crippen molar-refractivity contribution in [2.45, 2.75) is 33.2 Å². The van der Waals surface area contributed by atoms with Crippen LogP contribution in [-0.4, -0.2) is 11.9 Å². The molecule has 0 saturated carbocycles. The molecule has 0 atom stereocenters. The van der Waals surface area contributed by atoms with Crippen LogP contribution in [0.4, 0.5) is 4.39 Å². The zero-order valence-corrected chi connectivity index (χ0v) is 16.3. The smallest absolute Gasteiger partial charge is 0.340 e. The maximum absolute atomic E-state index is 13.3. The second-order valence-electron chi connectivity index (χ2n) is 7.39. The van der Waals surface area contributed by atoms with Crippen LogP contribution < -0.4 is 10.9 Å². The predicted octanol–water partition coefficient (Wildman–Crippen LogP) is 4.72. The van der Waals surface area contributed by atoms with Gasteiger partial charge in [-0.25, -0.2) is 9.18 Å². The number of amides is 1. The Morgan fingerprint density at radius 2 is 1.83 bits per heavy atom. The summed E-state index contributed by atoms with van der Waals surface area (Å²) in [6.45, 7) is 5.53. The molecule has 2 aromatic heterocycles. The van der Waals surface area contributed by atoms with Gasteiger partial charge in [0, 0.05) is 28.4 Å².